The van der Waals surface area contributed by atoms with E-state index in [1.807, 2.05) is 47.4 Å². The number of carbonyl (C=O) groups is 1. The highest BCUT2D eigenvalue weighted by atomic mass is 16.2. The first-order chi connectivity index (χ1) is 14.3. The van der Waals surface area contributed by atoms with Crippen LogP contribution in [-0.4, -0.2) is 40.4 Å². The Morgan fingerprint density at radius 1 is 1.10 bits per heavy atom. The van der Waals surface area contributed by atoms with E-state index in [1.165, 1.54) is 0 Å². The van der Waals surface area contributed by atoms with Crippen LogP contribution in [-0.2, 0) is 11.2 Å². The van der Waals surface area contributed by atoms with Gasteiger partial charge in [-0.05, 0) is 17.7 Å². The maximum absolute atomic E-state index is 13.4. The van der Waals surface area contributed by atoms with Gasteiger partial charge < -0.3 is 14.8 Å². The third-order valence-corrected chi connectivity index (χ3v) is 5.92. The largest absolute Gasteiger partial charge is 0.369 e. The molecule has 3 heterocycles. The highest BCUT2D eigenvalue weighted by molar-refractivity contribution is 5.83. The molecule has 6 heteroatoms. The molecule has 0 aliphatic carbocycles. The van der Waals surface area contributed by atoms with Crippen molar-refractivity contribution in [2.24, 2.45) is 5.92 Å². The molecule has 1 fully saturated rings. The first-order valence-electron chi connectivity index (χ1n) is 9.88. The van der Waals surface area contributed by atoms with Gasteiger partial charge in [-0.3, -0.25) is 4.79 Å². The number of hydrogen-bond donors (Lipinski definition) is 1. The summed E-state index contributed by atoms with van der Waals surface area (Å²) < 4.78 is 0. The van der Waals surface area contributed by atoms with Crippen LogP contribution in [0, 0.1) is 17.2 Å². The fraction of sp³-hybridized carbons (Fsp3) is 0.261. The summed E-state index contributed by atoms with van der Waals surface area (Å²) in [6.45, 7) is 1.96. The molecule has 1 unspecified atom stereocenters. The summed E-state index contributed by atoms with van der Waals surface area (Å²) in [7, 11) is 0. The average Bonchev–Trinajstić information content (AvgIpc) is 3.21. The van der Waals surface area contributed by atoms with Crippen LogP contribution in [0.15, 0.2) is 60.9 Å². The molecule has 1 N–H and O–H groups in total. The van der Waals surface area contributed by atoms with Crippen molar-refractivity contribution in [2.75, 3.05) is 24.5 Å². The summed E-state index contributed by atoms with van der Waals surface area (Å²) in [5, 5.41) is 9.34. The molecule has 29 heavy (non-hydrogen) atoms. The third-order valence-electron chi connectivity index (χ3n) is 5.92. The lowest BCUT2D eigenvalue weighted by atomic mass is 9.91. The Morgan fingerprint density at radius 2 is 1.86 bits per heavy atom. The lowest BCUT2D eigenvalue weighted by Crippen LogP contribution is -2.56. The van der Waals surface area contributed by atoms with E-state index in [-0.39, 0.29) is 17.9 Å². The van der Waals surface area contributed by atoms with E-state index in [1.54, 1.807) is 6.33 Å². The van der Waals surface area contributed by atoms with Crippen LogP contribution >= 0.6 is 0 Å². The molecular formula is C23H21N5O. The molecule has 6 nitrogen and oxygen atoms in total. The number of amides is 1. The Balaban J connectivity index is 1.38. The molecule has 2 aromatic carbocycles. The molecule has 0 spiro atoms. The van der Waals surface area contributed by atoms with Crippen LogP contribution in [0.2, 0.25) is 0 Å². The summed E-state index contributed by atoms with van der Waals surface area (Å²) in [6, 6.07) is 19.8. The van der Waals surface area contributed by atoms with Crippen LogP contribution in [0.5, 0.6) is 0 Å². The van der Waals surface area contributed by atoms with Crippen molar-refractivity contribution >= 4 is 11.6 Å². The second-order valence-electron chi connectivity index (χ2n) is 7.59. The second kappa shape index (κ2) is 7.10. The molecule has 2 aliphatic rings. The number of nitrogens with one attached hydrogen (secondary N) is 1. The first kappa shape index (κ1) is 17.5. The van der Waals surface area contributed by atoms with Crippen molar-refractivity contribution in [3.63, 3.8) is 0 Å². The number of benzene rings is 2. The Bertz CT molecular complexity index is 1080. The van der Waals surface area contributed by atoms with Crippen LogP contribution in [0.4, 0.5) is 5.69 Å². The summed E-state index contributed by atoms with van der Waals surface area (Å²) in [4.78, 5) is 25.3. The van der Waals surface area contributed by atoms with Gasteiger partial charge in [0.15, 0.2) is 0 Å². The molecule has 1 aromatic heterocycles. The zero-order chi connectivity index (χ0) is 19.8. The third kappa shape index (κ3) is 2.95. The Morgan fingerprint density at radius 3 is 2.66 bits per heavy atom. The summed E-state index contributed by atoms with van der Waals surface area (Å²) >= 11 is 0. The van der Waals surface area contributed by atoms with Crippen molar-refractivity contribution in [3.8, 4) is 6.07 Å². The summed E-state index contributed by atoms with van der Waals surface area (Å²) in [6.07, 6.45) is 2.51. The SMILES string of the molecule is N#Cc1ccccc1N1CC(C(=O)N2CCc3[nH]cnc3C2c2ccccc2)C1. The molecule has 1 amide bonds. The van der Waals surface area contributed by atoms with Gasteiger partial charge in [0.2, 0.25) is 5.91 Å². The van der Waals surface area contributed by atoms with Crippen molar-refractivity contribution in [3.05, 3.63) is 83.4 Å². The number of imidazole rings is 1. The molecule has 1 saturated heterocycles. The maximum atomic E-state index is 13.4. The lowest BCUT2D eigenvalue weighted by molar-refractivity contribution is -0.138. The molecule has 144 valence electrons. The lowest BCUT2D eigenvalue weighted by Gasteiger charge is -2.45. The van der Waals surface area contributed by atoms with Crippen molar-refractivity contribution in [1.29, 1.82) is 5.26 Å². The topological polar surface area (TPSA) is 76.0 Å². The second-order valence-corrected chi connectivity index (χ2v) is 7.59. The molecule has 2 aliphatic heterocycles. The van der Waals surface area contributed by atoms with Crippen LogP contribution in [0.25, 0.3) is 0 Å². The normalized spacial score (nSPS) is 18.7. The first-order valence-corrected chi connectivity index (χ1v) is 9.88. The molecule has 0 saturated carbocycles. The van der Waals surface area contributed by atoms with E-state index in [4.69, 9.17) is 0 Å². The van der Waals surface area contributed by atoms with E-state index in [9.17, 15) is 10.1 Å². The number of aromatic nitrogens is 2. The van der Waals surface area contributed by atoms with Gasteiger partial charge >= 0.3 is 0 Å². The molecule has 1 atom stereocenters. The minimum atomic E-state index is -0.154. The molecular weight excluding hydrogens is 362 g/mol. The Kier molecular flexibility index (Phi) is 4.28. The van der Waals surface area contributed by atoms with E-state index < -0.39 is 0 Å². The zero-order valence-electron chi connectivity index (χ0n) is 16.0. The van der Waals surface area contributed by atoms with E-state index in [0.717, 1.165) is 29.1 Å². The molecule has 3 aromatic rings. The van der Waals surface area contributed by atoms with Gasteiger partial charge in [-0.1, -0.05) is 42.5 Å². The number of nitriles is 1. The zero-order valence-corrected chi connectivity index (χ0v) is 16.0. The van der Waals surface area contributed by atoms with Gasteiger partial charge in [-0.15, -0.1) is 0 Å². The monoisotopic (exact) mass is 383 g/mol. The van der Waals surface area contributed by atoms with Gasteiger partial charge in [0.05, 0.1) is 29.2 Å². The predicted molar refractivity (Wildman–Crippen MR) is 109 cm³/mol. The fourth-order valence-corrected chi connectivity index (χ4v) is 4.40. The Labute approximate surface area is 169 Å². The number of H-pyrrole nitrogens is 1. The Hall–Kier alpha value is -3.59. The van der Waals surface area contributed by atoms with Crippen molar-refractivity contribution in [2.45, 2.75) is 12.5 Å². The number of hydrogen-bond acceptors (Lipinski definition) is 4. The standard InChI is InChI=1S/C23H21N5O/c24-12-17-8-4-5-9-20(17)27-13-18(14-27)23(29)28-11-10-19-21(26-15-25-19)22(28)16-6-2-1-3-7-16/h1-9,15,18,22H,10-11,13-14H2,(H,25,26). The molecule has 0 bridgehead atoms. The molecule has 0 radical (unpaired) electrons. The van der Waals surface area contributed by atoms with E-state index in [2.05, 4.69) is 33.1 Å². The number of carbonyl (C=O) groups excluding carboxylic acids is 1. The van der Waals surface area contributed by atoms with Gasteiger partial charge in [-0.25, -0.2) is 4.98 Å². The van der Waals surface area contributed by atoms with E-state index >= 15 is 0 Å². The smallest absolute Gasteiger partial charge is 0.230 e. The summed E-state index contributed by atoms with van der Waals surface area (Å²) in [5.74, 6) is 0.103. The van der Waals surface area contributed by atoms with Gasteiger partial charge in [0, 0.05) is 31.7 Å². The number of para-hydroxylation sites is 1. The van der Waals surface area contributed by atoms with Crippen molar-refractivity contribution < 1.29 is 4.79 Å². The highest BCUT2D eigenvalue weighted by Gasteiger charge is 2.41. The van der Waals surface area contributed by atoms with Crippen LogP contribution in [0.3, 0.4) is 0 Å². The summed E-state index contributed by atoms with van der Waals surface area (Å²) in [5.41, 5.74) is 4.70. The quantitative estimate of drug-likeness (QED) is 0.755. The number of rotatable bonds is 3. The highest BCUT2D eigenvalue weighted by Crippen LogP contribution is 2.36. The number of anilines is 1. The van der Waals surface area contributed by atoms with Gasteiger partial charge in [0.25, 0.3) is 0 Å². The minimum Gasteiger partial charge on any atom is -0.369 e. The number of aromatic amines is 1. The van der Waals surface area contributed by atoms with Gasteiger partial charge in [-0.2, -0.15) is 5.26 Å². The molecule has 5 rings (SSSR count). The number of fused-ring (bicyclic) bond motifs is 1. The predicted octanol–water partition coefficient (Wildman–Crippen LogP) is 2.89. The maximum Gasteiger partial charge on any atom is 0.230 e. The van der Waals surface area contributed by atoms with Crippen molar-refractivity contribution in [1.82, 2.24) is 14.9 Å². The van der Waals surface area contributed by atoms with Gasteiger partial charge in [0.1, 0.15) is 12.1 Å². The van der Waals surface area contributed by atoms with E-state index in [0.29, 0.717) is 25.2 Å². The van der Waals surface area contributed by atoms with Crippen LogP contribution < -0.4 is 4.90 Å². The number of nitrogens with zero attached hydrogens (tertiary/aromatic N) is 4. The fourth-order valence-electron chi connectivity index (χ4n) is 4.40. The minimum absolute atomic E-state index is 0.0616. The average molecular weight is 383 g/mol. The van der Waals surface area contributed by atoms with Crippen LogP contribution in [0.1, 0.15) is 28.6 Å².